The SMILES string of the molecule is CCCCCCCCCCO[C@H]1[C@@H]([C@@H](C)OC(=O)Nc2ccc(CC(=O)O)cc2)OC2OC(C)(C)O[C@@H]21. The highest BCUT2D eigenvalue weighted by Gasteiger charge is 2.57. The van der Waals surface area contributed by atoms with E-state index in [0.717, 1.165) is 12.8 Å². The fraction of sp³-hybridized carbons (Fsp3) is 0.714. The van der Waals surface area contributed by atoms with Crippen molar-refractivity contribution in [2.45, 2.75) is 122 Å². The van der Waals surface area contributed by atoms with Crippen LogP contribution < -0.4 is 5.32 Å². The number of aliphatic carboxylic acids is 1. The summed E-state index contributed by atoms with van der Waals surface area (Å²) in [5.74, 6) is -1.68. The highest BCUT2D eigenvalue weighted by molar-refractivity contribution is 5.84. The molecule has 0 bridgehead atoms. The second-order valence-corrected chi connectivity index (χ2v) is 10.4. The molecule has 9 nitrogen and oxygen atoms in total. The van der Waals surface area contributed by atoms with Gasteiger partial charge in [0.1, 0.15) is 24.4 Å². The zero-order valence-corrected chi connectivity index (χ0v) is 22.6. The maximum Gasteiger partial charge on any atom is 0.411 e. The highest BCUT2D eigenvalue weighted by atomic mass is 16.8. The maximum absolute atomic E-state index is 12.5. The van der Waals surface area contributed by atoms with Crippen LogP contribution in [0.5, 0.6) is 0 Å². The van der Waals surface area contributed by atoms with E-state index in [9.17, 15) is 9.59 Å². The maximum atomic E-state index is 12.5. The minimum Gasteiger partial charge on any atom is -0.481 e. The number of carbonyl (C=O) groups excluding carboxylic acids is 1. The summed E-state index contributed by atoms with van der Waals surface area (Å²) in [6, 6.07) is 6.58. The number of benzene rings is 1. The first-order chi connectivity index (χ1) is 17.7. The van der Waals surface area contributed by atoms with Crippen LogP contribution in [0.4, 0.5) is 10.5 Å². The normalized spacial score (nSPS) is 25.0. The Morgan fingerprint density at radius 3 is 2.32 bits per heavy atom. The van der Waals surface area contributed by atoms with E-state index in [1.807, 2.05) is 13.8 Å². The third kappa shape index (κ3) is 9.25. The van der Waals surface area contributed by atoms with Gasteiger partial charge in [-0.1, -0.05) is 64.0 Å². The number of amides is 1. The van der Waals surface area contributed by atoms with Crippen molar-refractivity contribution in [3.63, 3.8) is 0 Å². The molecule has 0 aliphatic carbocycles. The van der Waals surface area contributed by atoms with E-state index in [1.165, 1.54) is 38.5 Å². The molecule has 5 atom stereocenters. The molecule has 2 aliphatic rings. The summed E-state index contributed by atoms with van der Waals surface area (Å²) in [6.07, 6.45) is 6.42. The largest absolute Gasteiger partial charge is 0.481 e. The van der Waals surface area contributed by atoms with Crippen LogP contribution in [-0.2, 0) is 34.9 Å². The van der Waals surface area contributed by atoms with Gasteiger partial charge in [0.15, 0.2) is 12.1 Å². The van der Waals surface area contributed by atoms with Crippen LogP contribution >= 0.6 is 0 Å². The molecule has 0 saturated carbocycles. The van der Waals surface area contributed by atoms with Gasteiger partial charge in [0.2, 0.25) is 0 Å². The number of hydrogen-bond acceptors (Lipinski definition) is 7. The number of anilines is 1. The Kier molecular flexibility index (Phi) is 11.2. The van der Waals surface area contributed by atoms with Crippen LogP contribution in [0.1, 0.15) is 84.6 Å². The first kappa shape index (κ1) is 29.4. The fourth-order valence-corrected chi connectivity index (χ4v) is 4.79. The molecule has 3 rings (SSSR count). The second-order valence-electron chi connectivity index (χ2n) is 10.4. The predicted molar refractivity (Wildman–Crippen MR) is 138 cm³/mol. The van der Waals surface area contributed by atoms with Gasteiger partial charge >= 0.3 is 12.1 Å². The third-order valence-corrected chi connectivity index (χ3v) is 6.65. The smallest absolute Gasteiger partial charge is 0.411 e. The fourth-order valence-electron chi connectivity index (χ4n) is 4.79. The van der Waals surface area contributed by atoms with Gasteiger partial charge in [-0.3, -0.25) is 10.1 Å². The van der Waals surface area contributed by atoms with E-state index < -0.39 is 48.6 Å². The summed E-state index contributed by atoms with van der Waals surface area (Å²) < 4.78 is 29.9. The molecule has 9 heteroatoms. The lowest BCUT2D eigenvalue weighted by molar-refractivity contribution is -0.228. The molecule has 0 radical (unpaired) electrons. The van der Waals surface area contributed by atoms with E-state index in [0.29, 0.717) is 17.9 Å². The van der Waals surface area contributed by atoms with Crippen molar-refractivity contribution in [3.05, 3.63) is 29.8 Å². The summed E-state index contributed by atoms with van der Waals surface area (Å²) in [6.45, 7) is 8.25. The summed E-state index contributed by atoms with van der Waals surface area (Å²) in [7, 11) is 0. The molecule has 2 N–H and O–H groups in total. The number of ether oxygens (including phenoxy) is 5. The van der Waals surface area contributed by atoms with Gasteiger partial charge in [0.25, 0.3) is 0 Å². The quantitative estimate of drug-likeness (QED) is 0.285. The average Bonchev–Trinajstić information content (AvgIpc) is 3.30. The van der Waals surface area contributed by atoms with E-state index >= 15 is 0 Å². The van der Waals surface area contributed by atoms with Crippen molar-refractivity contribution >= 4 is 17.7 Å². The van der Waals surface area contributed by atoms with Crippen molar-refractivity contribution < 1.29 is 38.4 Å². The van der Waals surface area contributed by atoms with Crippen LogP contribution in [0.15, 0.2) is 24.3 Å². The first-order valence-corrected chi connectivity index (χ1v) is 13.6. The molecule has 0 spiro atoms. The summed E-state index contributed by atoms with van der Waals surface area (Å²) in [5, 5.41) is 11.6. The van der Waals surface area contributed by atoms with Crippen LogP contribution in [0.3, 0.4) is 0 Å². The minimum absolute atomic E-state index is 0.0790. The molecule has 37 heavy (non-hydrogen) atoms. The number of fused-ring (bicyclic) bond motifs is 1. The van der Waals surface area contributed by atoms with Gasteiger partial charge in [0, 0.05) is 12.3 Å². The van der Waals surface area contributed by atoms with Gasteiger partial charge in [-0.05, 0) is 44.9 Å². The molecule has 2 saturated heterocycles. The molecule has 2 heterocycles. The van der Waals surface area contributed by atoms with Gasteiger partial charge < -0.3 is 28.8 Å². The number of hydrogen-bond donors (Lipinski definition) is 2. The van der Waals surface area contributed by atoms with Gasteiger partial charge in [0.05, 0.1) is 6.42 Å². The minimum atomic E-state index is -0.911. The number of carboxylic acids is 1. The topological polar surface area (TPSA) is 113 Å². The van der Waals surface area contributed by atoms with Gasteiger partial charge in [-0.15, -0.1) is 0 Å². The summed E-state index contributed by atoms with van der Waals surface area (Å²) in [4.78, 5) is 23.4. The average molecular weight is 522 g/mol. The zero-order chi connectivity index (χ0) is 26.8. The Morgan fingerprint density at radius 2 is 1.68 bits per heavy atom. The van der Waals surface area contributed by atoms with Crippen molar-refractivity contribution in [1.29, 1.82) is 0 Å². The summed E-state index contributed by atoms with van der Waals surface area (Å²) >= 11 is 0. The van der Waals surface area contributed by atoms with Crippen LogP contribution in [0, 0.1) is 0 Å². The molecular formula is C28H43NO8. The van der Waals surface area contributed by atoms with Crippen molar-refractivity contribution in [3.8, 4) is 0 Å². The van der Waals surface area contributed by atoms with Crippen LogP contribution in [-0.4, -0.2) is 60.3 Å². The Hall–Kier alpha value is -2.20. The Morgan fingerprint density at radius 1 is 1.03 bits per heavy atom. The van der Waals surface area contributed by atoms with Crippen molar-refractivity contribution in [2.75, 3.05) is 11.9 Å². The van der Waals surface area contributed by atoms with Gasteiger partial charge in [-0.2, -0.15) is 0 Å². The predicted octanol–water partition coefficient (Wildman–Crippen LogP) is 5.65. The molecule has 1 unspecified atom stereocenters. The lowest BCUT2D eigenvalue weighted by Crippen LogP contribution is -2.43. The number of unbranched alkanes of at least 4 members (excludes halogenated alkanes) is 7. The third-order valence-electron chi connectivity index (χ3n) is 6.65. The van der Waals surface area contributed by atoms with Crippen molar-refractivity contribution in [1.82, 2.24) is 0 Å². The lowest BCUT2D eigenvalue weighted by atomic mass is 10.1. The number of rotatable bonds is 15. The Labute approximate surface area is 220 Å². The highest BCUT2D eigenvalue weighted by Crippen LogP contribution is 2.40. The van der Waals surface area contributed by atoms with E-state index in [4.69, 9.17) is 28.8 Å². The second kappa shape index (κ2) is 14.1. The molecule has 1 aromatic rings. The Bertz CT molecular complexity index is 858. The van der Waals surface area contributed by atoms with Gasteiger partial charge in [-0.25, -0.2) is 4.79 Å². The summed E-state index contributed by atoms with van der Waals surface area (Å²) in [5.41, 5.74) is 1.15. The van der Waals surface area contributed by atoms with Crippen LogP contribution in [0.2, 0.25) is 0 Å². The van der Waals surface area contributed by atoms with Crippen LogP contribution in [0.25, 0.3) is 0 Å². The molecule has 1 aromatic carbocycles. The molecule has 0 aromatic heterocycles. The van der Waals surface area contributed by atoms with E-state index in [-0.39, 0.29) is 6.42 Å². The first-order valence-electron chi connectivity index (χ1n) is 13.6. The standard InChI is InChI=1S/C28H43NO8/c1-5-6-7-8-9-10-11-12-17-33-24-23(35-26-25(24)36-28(3,4)37-26)19(2)34-27(32)29-21-15-13-20(14-16-21)18-22(30)31/h13-16,19,23-26H,5-12,17-18H2,1-4H3,(H,29,32)(H,30,31)/t19-,23-,24+,25-,26?/m1/s1. The Balaban J connectivity index is 1.48. The number of carboxylic acid groups (broad SMARTS) is 1. The lowest BCUT2D eigenvalue weighted by Gasteiger charge is -2.29. The molecule has 2 aliphatic heterocycles. The molecule has 208 valence electrons. The molecular weight excluding hydrogens is 478 g/mol. The number of nitrogens with one attached hydrogen (secondary N) is 1. The van der Waals surface area contributed by atoms with E-state index in [1.54, 1.807) is 31.2 Å². The monoisotopic (exact) mass is 521 g/mol. The zero-order valence-electron chi connectivity index (χ0n) is 22.6. The van der Waals surface area contributed by atoms with Crippen molar-refractivity contribution in [2.24, 2.45) is 0 Å². The van der Waals surface area contributed by atoms with E-state index in [2.05, 4.69) is 12.2 Å². The number of carbonyl (C=O) groups is 2. The molecule has 1 amide bonds. The molecule has 2 fully saturated rings.